The van der Waals surface area contributed by atoms with Crippen LogP contribution in [-0.4, -0.2) is 19.9 Å². The Morgan fingerprint density at radius 1 is 1.04 bits per heavy atom. The second-order valence-electron chi connectivity index (χ2n) is 5.26. The molecule has 0 N–H and O–H groups in total. The summed E-state index contributed by atoms with van der Waals surface area (Å²) in [7, 11) is 3.84. The van der Waals surface area contributed by atoms with Crippen LogP contribution in [0.4, 0.5) is 18.9 Å². The first-order valence-corrected chi connectivity index (χ1v) is 6.94. The van der Waals surface area contributed by atoms with Crippen LogP contribution in [-0.2, 0) is 6.18 Å². The average molecular weight is 319 g/mol. The van der Waals surface area contributed by atoms with E-state index in [1.807, 2.05) is 43.3 Å². The highest BCUT2D eigenvalue weighted by Crippen LogP contribution is 2.29. The molecule has 0 heterocycles. The van der Waals surface area contributed by atoms with Crippen molar-refractivity contribution in [1.29, 1.82) is 0 Å². The van der Waals surface area contributed by atoms with Crippen molar-refractivity contribution in [2.75, 3.05) is 19.0 Å². The maximum Gasteiger partial charge on any atom is 0.416 e. The van der Waals surface area contributed by atoms with Gasteiger partial charge in [0.2, 0.25) is 0 Å². The highest BCUT2D eigenvalue weighted by molar-refractivity contribution is 6.06. The Hall–Kier alpha value is -2.56. The lowest BCUT2D eigenvalue weighted by atomic mass is 10.1. The smallest absolute Gasteiger partial charge is 0.378 e. The second kappa shape index (κ2) is 6.69. The van der Waals surface area contributed by atoms with E-state index in [2.05, 4.69) is 0 Å². The van der Waals surface area contributed by atoms with Gasteiger partial charge in [-0.3, -0.25) is 4.79 Å². The zero-order chi connectivity index (χ0) is 17.0. The van der Waals surface area contributed by atoms with Crippen LogP contribution in [0.3, 0.4) is 0 Å². The van der Waals surface area contributed by atoms with E-state index in [0.29, 0.717) is 0 Å². The molecule has 0 aliphatic heterocycles. The normalized spacial score (nSPS) is 11.7. The third-order valence-electron chi connectivity index (χ3n) is 3.31. The molecule has 0 amide bonds. The van der Waals surface area contributed by atoms with Crippen LogP contribution < -0.4 is 4.90 Å². The second-order valence-corrected chi connectivity index (χ2v) is 5.26. The standard InChI is InChI=1S/C18H16F3NO/c1-22(2)16-9-6-13(7-10-16)8-11-17(23)14-4-3-5-15(12-14)18(19,20)21/h3-12H,1-2H3/b11-8+. The maximum atomic E-state index is 12.7. The van der Waals surface area contributed by atoms with Crippen molar-refractivity contribution in [3.8, 4) is 0 Å². The Kier molecular flexibility index (Phi) is 4.89. The number of carbonyl (C=O) groups is 1. The number of ketones is 1. The van der Waals surface area contributed by atoms with Crippen molar-refractivity contribution in [3.05, 3.63) is 71.3 Å². The largest absolute Gasteiger partial charge is 0.416 e. The molecule has 0 saturated heterocycles. The third-order valence-corrected chi connectivity index (χ3v) is 3.31. The van der Waals surface area contributed by atoms with Crippen LogP contribution in [0, 0.1) is 0 Å². The van der Waals surface area contributed by atoms with E-state index in [1.165, 1.54) is 18.2 Å². The third kappa shape index (κ3) is 4.45. The van der Waals surface area contributed by atoms with Gasteiger partial charge in [-0.25, -0.2) is 0 Å². The molecule has 0 aliphatic rings. The van der Waals surface area contributed by atoms with Crippen molar-refractivity contribution in [1.82, 2.24) is 0 Å². The summed E-state index contributed by atoms with van der Waals surface area (Å²) in [5.74, 6) is -0.465. The highest BCUT2D eigenvalue weighted by atomic mass is 19.4. The highest BCUT2D eigenvalue weighted by Gasteiger charge is 2.30. The number of rotatable bonds is 4. The fourth-order valence-electron chi connectivity index (χ4n) is 2.00. The number of nitrogens with zero attached hydrogens (tertiary/aromatic N) is 1. The van der Waals surface area contributed by atoms with E-state index >= 15 is 0 Å². The van der Waals surface area contributed by atoms with Gasteiger partial charge >= 0.3 is 6.18 Å². The van der Waals surface area contributed by atoms with Gasteiger partial charge in [0, 0.05) is 25.3 Å². The molecule has 2 nitrogen and oxygen atoms in total. The van der Waals surface area contributed by atoms with Gasteiger partial charge in [-0.05, 0) is 35.9 Å². The zero-order valence-corrected chi connectivity index (χ0v) is 12.8. The summed E-state index contributed by atoms with van der Waals surface area (Å²) in [6.07, 6.45) is -1.59. The summed E-state index contributed by atoms with van der Waals surface area (Å²) in [6, 6.07) is 11.9. The predicted octanol–water partition coefficient (Wildman–Crippen LogP) is 4.67. The molecule has 120 valence electrons. The van der Waals surface area contributed by atoms with Crippen molar-refractivity contribution < 1.29 is 18.0 Å². The Morgan fingerprint density at radius 2 is 1.70 bits per heavy atom. The molecule has 2 aromatic carbocycles. The maximum absolute atomic E-state index is 12.7. The lowest BCUT2D eigenvalue weighted by Gasteiger charge is -2.11. The summed E-state index contributed by atoms with van der Waals surface area (Å²) in [6.45, 7) is 0. The Morgan fingerprint density at radius 3 is 2.26 bits per heavy atom. The molecule has 0 atom stereocenters. The number of alkyl halides is 3. The van der Waals surface area contributed by atoms with Crippen molar-refractivity contribution >= 4 is 17.5 Å². The first-order chi connectivity index (χ1) is 10.8. The summed E-state index contributed by atoms with van der Waals surface area (Å²) in [5, 5.41) is 0. The molecule has 23 heavy (non-hydrogen) atoms. The lowest BCUT2D eigenvalue weighted by molar-refractivity contribution is -0.137. The quantitative estimate of drug-likeness (QED) is 0.603. The summed E-state index contributed by atoms with van der Waals surface area (Å²) >= 11 is 0. The molecule has 0 fully saturated rings. The SMILES string of the molecule is CN(C)c1ccc(/C=C/C(=O)c2cccc(C(F)(F)F)c2)cc1. The summed E-state index contributed by atoms with van der Waals surface area (Å²) in [4.78, 5) is 14.0. The zero-order valence-electron chi connectivity index (χ0n) is 12.8. The molecular formula is C18H16F3NO. The molecule has 0 spiro atoms. The minimum absolute atomic E-state index is 0.0148. The van der Waals surface area contributed by atoms with E-state index in [0.717, 1.165) is 23.4 Å². The summed E-state index contributed by atoms with van der Waals surface area (Å²) < 4.78 is 38.0. The first-order valence-electron chi connectivity index (χ1n) is 6.94. The lowest BCUT2D eigenvalue weighted by Crippen LogP contribution is -2.07. The van der Waals surface area contributed by atoms with Crippen molar-refractivity contribution in [2.24, 2.45) is 0 Å². The van der Waals surface area contributed by atoms with E-state index in [9.17, 15) is 18.0 Å². The fourth-order valence-corrected chi connectivity index (χ4v) is 2.00. The minimum Gasteiger partial charge on any atom is -0.378 e. The van der Waals surface area contributed by atoms with E-state index in [1.54, 1.807) is 6.08 Å². The van der Waals surface area contributed by atoms with Crippen LogP contribution in [0.2, 0.25) is 0 Å². The molecule has 0 aliphatic carbocycles. The molecular weight excluding hydrogens is 303 g/mol. The van der Waals surface area contributed by atoms with Crippen LogP contribution in [0.25, 0.3) is 6.08 Å². The molecule has 2 aromatic rings. The van der Waals surface area contributed by atoms with Gasteiger partial charge in [-0.15, -0.1) is 0 Å². The van der Waals surface area contributed by atoms with Gasteiger partial charge in [-0.2, -0.15) is 13.2 Å². The van der Waals surface area contributed by atoms with Gasteiger partial charge in [0.1, 0.15) is 0 Å². The van der Waals surface area contributed by atoms with Crippen molar-refractivity contribution in [3.63, 3.8) is 0 Å². The van der Waals surface area contributed by atoms with Crippen LogP contribution in [0.15, 0.2) is 54.6 Å². The van der Waals surface area contributed by atoms with Crippen LogP contribution in [0.1, 0.15) is 21.5 Å². The van der Waals surface area contributed by atoms with E-state index in [-0.39, 0.29) is 5.56 Å². The van der Waals surface area contributed by atoms with Gasteiger partial charge in [-0.1, -0.05) is 30.3 Å². The van der Waals surface area contributed by atoms with Gasteiger partial charge in [0.05, 0.1) is 5.56 Å². The predicted molar refractivity (Wildman–Crippen MR) is 85.6 cm³/mol. The molecule has 0 radical (unpaired) electrons. The van der Waals surface area contributed by atoms with Crippen LogP contribution >= 0.6 is 0 Å². The monoisotopic (exact) mass is 319 g/mol. The molecule has 5 heteroatoms. The van der Waals surface area contributed by atoms with Crippen LogP contribution in [0.5, 0.6) is 0 Å². The number of allylic oxidation sites excluding steroid dienone is 1. The van der Waals surface area contributed by atoms with Crippen molar-refractivity contribution in [2.45, 2.75) is 6.18 Å². The summed E-state index contributed by atoms with van der Waals surface area (Å²) in [5.41, 5.74) is 1.01. The Bertz CT molecular complexity index is 716. The minimum atomic E-state index is -4.46. The molecule has 0 saturated carbocycles. The fraction of sp³-hybridized carbons (Fsp3) is 0.167. The van der Waals surface area contributed by atoms with E-state index in [4.69, 9.17) is 0 Å². The van der Waals surface area contributed by atoms with Gasteiger partial charge in [0.15, 0.2) is 5.78 Å². The number of hydrogen-bond donors (Lipinski definition) is 0. The molecule has 0 aromatic heterocycles. The molecule has 2 rings (SSSR count). The number of benzene rings is 2. The average Bonchev–Trinajstić information content (AvgIpc) is 2.52. The molecule has 0 bridgehead atoms. The number of carbonyl (C=O) groups excluding carboxylic acids is 1. The first kappa shape index (κ1) is 16.8. The Balaban J connectivity index is 2.15. The topological polar surface area (TPSA) is 20.3 Å². The number of anilines is 1. The molecule has 0 unspecified atom stereocenters. The van der Waals surface area contributed by atoms with E-state index < -0.39 is 17.5 Å². The van der Waals surface area contributed by atoms with Gasteiger partial charge < -0.3 is 4.90 Å². The Labute approximate surface area is 132 Å². The van der Waals surface area contributed by atoms with Gasteiger partial charge in [0.25, 0.3) is 0 Å². The number of halogens is 3. The number of hydrogen-bond acceptors (Lipinski definition) is 2.